The number of fused-ring (bicyclic) bond motifs is 1. The van der Waals surface area contributed by atoms with Gasteiger partial charge in [0.1, 0.15) is 5.52 Å². The number of nitrogens with one attached hydrogen (secondary N) is 3. The molecule has 0 aliphatic heterocycles. The number of aromatic amines is 1. The first kappa shape index (κ1) is 13.3. The van der Waals surface area contributed by atoms with Gasteiger partial charge in [-0.3, -0.25) is 4.98 Å². The monoisotopic (exact) mass is 283 g/mol. The Morgan fingerprint density at radius 2 is 2.05 bits per heavy atom. The van der Waals surface area contributed by atoms with Crippen LogP contribution in [-0.2, 0) is 6.54 Å². The summed E-state index contributed by atoms with van der Waals surface area (Å²) in [5.41, 5.74) is 3.55. The van der Waals surface area contributed by atoms with E-state index in [2.05, 4.69) is 35.6 Å². The minimum atomic E-state index is 0.571. The summed E-state index contributed by atoms with van der Waals surface area (Å²) in [5.74, 6) is 1.30. The Hall–Kier alpha value is -2.70. The quantitative estimate of drug-likeness (QED) is 0.664. The van der Waals surface area contributed by atoms with Gasteiger partial charge in [-0.1, -0.05) is 6.07 Å². The molecule has 0 unspecified atom stereocenters. The number of pyridine rings is 1. The van der Waals surface area contributed by atoms with Crippen molar-refractivity contribution in [1.82, 2.24) is 24.9 Å². The van der Waals surface area contributed by atoms with Gasteiger partial charge in [-0.05, 0) is 25.5 Å². The lowest BCUT2D eigenvalue weighted by atomic mass is 10.2. The van der Waals surface area contributed by atoms with E-state index in [4.69, 9.17) is 0 Å². The van der Waals surface area contributed by atoms with E-state index in [1.807, 2.05) is 32.2 Å². The second-order valence-electron chi connectivity index (χ2n) is 4.69. The number of hydrogen-bond acceptors (Lipinski definition) is 6. The summed E-state index contributed by atoms with van der Waals surface area (Å²) in [6.45, 7) is 5.38. The molecule has 3 heterocycles. The summed E-state index contributed by atoms with van der Waals surface area (Å²) >= 11 is 0. The Bertz CT molecular complexity index is 733. The van der Waals surface area contributed by atoms with Crippen molar-refractivity contribution in [2.75, 3.05) is 17.2 Å². The Morgan fingerprint density at radius 1 is 1.14 bits per heavy atom. The van der Waals surface area contributed by atoms with Crippen LogP contribution in [0.5, 0.6) is 0 Å². The summed E-state index contributed by atoms with van der Waals surface area (Å²) in [4.78, 5) is 20.3. The van der Waals surface area contributed by atoms with E-state index in [-0.39, 0.29) is 0 Å². The van der Waals surface area contributed by atoms with E-state index in [9.17, 15) is 0 Å². The SMILES string of the molecule is CCNc1nc(NCc2ccc(C)nc2)c2[nH]cnc2n1. The van der Waals surface area contributed by atoms with Gasteiger partial charge in [0.15, 0.2) is 11.5 Å². The van der Waals surface area contributed by atoms with Crippen LogP contribution in [0.2, 0.25) is 0 Å². The zero-order valence-corrected chi connectivity index (χ0v) is 12.0. The van der Waals surface area contributed by atoms with Gasteiger partial charge in [-0.2, -0.15) is 9.97 Å². The topological polar surface area (TPSA) is 91.4 Å². The van der Waals surface area contributed by atoms with Crippen LogP contribution >= 0.6 is 0 Å². The third-order valence-corrected chi connectivity index (χ3v) is 3.05. The first-order valence-corrected chi connectivity index (χ1v) is 6.86. The first-order chi connectivity index (χ1) is 10.3. The molecule has 3 N–H and O–H groups in total. The van der Waals surface area contributed by atoms with Crippen molar-refractivity contribution in [3.8, 4) is 0 Å². The Morgan fingerprint density at radius 3 is 2.81 bits per heavy atom. The molecule has 0 aliphatic carbocycles. The molecule has 0 bridgehead atoms. The standard InChI is InChI=1S/C14H17N7/c1-3-15-14-20-12(11-13(21-14)19-8-18-11)17-7-10-5-4-9(2)16-6-10/h4-6,8H,3,7H2,1-2H3,(H3,15,17,18,19,20,21). The van der Waals surface area contributed by atoms with E-state index in [1.165, 1.54) is 0 Å². The number of anilines is 2. The maximum absolute atomic E-state index is 4.47. The first-order valence-electron chi connectivity index (χ1n) is 6.86. The second-order valence-corrected chi connectivity index (χ2v) is 4.69. The number of nitrogens with zero attached hydrogens (tertiary/aromatic N) is 4. The summed E-state index contributed by atoms with van der Waals surface area (Å²) in [6.07, 6.45) is 3.48. The number of imidazole rings is 1. The van der Waals surface area contributed by atoms with E-state index in [0.29, 0.717) is 18.1 Å². The molecule has 108 valence electrons. The van der Waals surface area contributed by atoms with Crippen LogP contribution in [0.3, 0.4) is 0 Å². The minimum Gasteiger partial charge on any atom is -0.364 e. The van der Waals surface area contributed by atoms with E-state index in [1.54, 1.807) is 6.33 Å². The van der Waals surface area contributed by atoms with Crippen molar-refractivity contribution in [3.05, 3.63) is 35.9 Å². The van der Waals surface area contributed by atoms with Gasteiger partial charge < -0.3 is 15.6 Å². The molecule has 7 heteroatoms. The molecule has 0 saturated carbocycles. The van der Waals surface area contributed by atoms with Gasteiger partial charge in [0.2, 0.25) is 5.95 Å². The van der Waals surface area contributed by atoms with Gasteiger partial charge >= 0.3 is 0 Å². The minimum absolute atomic E-state index is 0.571. The highest BCUT2D eigenvalue weighted by molar-refractivity contribution is 5.83. The second kappa shape index (κ2) is 5.74. The fraction of sp³-hybridized carbons (Fsp3) is 0.286. The number of aryl methyl sites for hydroxylation is 1. The van der Waals surface area contributed by atoms with Crippen LogP contribution in [0.15, 0.2) is 24.7 Å². The molecule has 0 atom stereocenters. The summed E-state index contributed by atoms with van der Waals surface area (Å²) in [7, 11) is 0. The highest BCUT2D eigenvalue weighted by Gasteiger charge is 2.09. The lowest BCUT2D eigenvalue weighted by Gasteiger charge is -2.08. The van der Waals surface area contributed by atoms with Gasteiger partial charge in [0, 0.05) is 25.0 Å². The summed E-state index contributed by atoms with van der Waals surface area (Å²) in [5, 5.41) is 6.41. The number of aromatic nitrogens is 5. The van der Waals surface area contributed by atoms with Gasteiger partial charge in [-0.25, -0.2) is 4.98 Å². The molecular weight excluding hydrogens is 266 g/mol. The lowest BCUT2D eigenvalue weighted by Crippen LogP contribution is -2.07. The van der Waals surface area contributed by atoms with Crippen molar-refractivity contribution in [1.29, 1.82) is 0 Å². The van der Waals surface area contributed by atoms with Gasteiger partial charge in [-0.15, -0.1) is 0 Å². The van der Waals surface area contributed by atoms with Crippen LogP contribution in [0.25, 0.3) is 11.2 Å². The molecular formula is C14H17N7. The molecule has 0 saturated heterocycles. The van der Waals surface area contributed by atoms with Crippen LogP contribution < -0.4 is 10.6 Å². The molecule has 3 aromatic heterocycles. The van der Waals surface area contributed by atoms with E-state index in [0.717, 1.165) is 29.1 Å². The molecule has 3 aromatic rings. The Kier molecular flexibility index (Phi) is 3.63. The predicted molar refractivity (Wildman–Crippen MR) is 82.1 cm³/mol. The number of H-pyrrole nitrogens is 1. The lowest BCUT2D eigenvalue weighted by molar-refractivity contribution is 1.05. The average molecular weight is 283 g/mol. The third kappa shape index (κ3) is 2.91. The third-order valence-electron chi connectivity index (χ3n) is 3.05. The predicted octanol–water partition coefficient (Wildman–Crippen LogP) is 2.10. The number of hydrogen-bond donors (Lipinski definition) is 3. The van der Waals surface area contributed by atoms with Gasteiger partial charge in [0.05, 0.1) is 6.33 Å². The van der Waals surface area contributed by atoms with Crippen molar-refractivity contribution < 1.29 is 0 Å². The van der Waals surface area contributed by atoms with Crippen molar-refractivity contribution in [2.45, 2.75) is 20.4 Å². The van der Waals surface area contributed by atoms with Crippen LogP contribution in [0.4, 0.5) is 11.8 Å². The number of rotatable bonds is 5. The molecule has 3 rings (SSSR count). The highest BCUT2D eigenvalue weighted by Crippen LogP contribution is 2.19. The molecule has 0 fully saturated rings. The van der Waals surface area contributed by atoms with E-state index >= 15 is 0 Å². The highest BCUT2D eigenvalue weighted by atomic mass is 15.2. The largest absolute Gasteiger partial charge is 0.364 e. The maximum atomic E-state index is 4.47. The molecule has 0 amide bonds. The summed E-state index contributed by atoms with van der Waals surface area (Å²) in [6, 6.07) is 4.04. The smallest absolute Gasteiger partial charge is 0.226 e. The zero-order chi connectivity index (χ0) is 14.7. The molecule has 0 aromatic carbocycles. The van der Waals surface area contributed by atoms with Crippen LogP contribution in [0, 0.1) is 6.92 Å². The Balaban J connectivity index is 1.84. The fourth-order valence-electron chi connectivity index (χ4n) is 1.99. The zero-order valence-electron chi connectivity index (χ0n) is 12.0. The molecule has 0 spiro atoms. The average Bonchev–Trinajstić information content (AvgIpc) is 2.95. The fourth-order valence-corrected chi connectivity index (χ4v) is 1.99. The van der Waals surface area contributed by atoms with Gasteiger partial charge in [0.25, 0.3) is 0 Å². The van der Waals surface area contributed by atoms with Crippen LogP contribution in [0.1, 0.15) is 18.2 Å². The van der Waals surface area contributed by atoms with Crippen molar-refractivity contribution in [3.63, 3.8) is 0 Å². The molecule has 0 aliphatic rings. The van der Waals surface area contributed by atoms with Crippen LogP contribution in [-0.4, -0.2) is 31.5 Å². The molecule has 7 nitrogen and oxygen atoms in total. The molecule has 0 radical (unpaired) electrons. The normalized spacial score (nSPS) is 10.8. The van der Waals surface area contributed by atoms with Crippen molar-refractivity contribution >= 4 is 22.9 Å². The molecule has 21 heavy (non-hydrogen) atoms. The maximum Gasteiger partial charge on any atom is 0.226 e. The summed E-state index contributed by atoms with van der Waals surface area (Å²) < 4.78 is 0. The Labute approximate surface area is 122 Å². The van der Waals surface area contributed by atoms with E-state index < -0.39 is 0 Å². The van der Waals surface area contributed by atoms with Crippen molar-refractivity contribution in [2.24, 2.45) is 0 Å².